The van der Waals surface area contributed by atoms with Crippen LogP contribution in [-0.2, 0) is 4.79 Å². The second kappa shape index (κ2) is 3.86. The third-order valence-corrected chi connectivity index (χ3v) is 3.15. The smallest absolute Gasteiger partial charge is 0.276 e. The molecule has 0 saturated carbocycles. The van der Waals surface area contributed by atoms with Crippen LogP contribution in [-0.4, -0.2) is 33.5 Å². The molecule has 0 bridgehead atoms. The molecule has 1 fully saturated rings. The van der Waals surface area contributed by atoms with Gasteiger partial charge in [-0.2, -0.15) is 0 Å². The van der Waals surface area contributed by atoms with Crippen LogP contribution in [0.5, 0.6) is 0 Å². The molecule has 2 rings (SSSR count). The van der Waals surface area contributed by atoms with Crippen LogP contribution in [0.4, 0.5) is 0 Å². The van der Waals surface area contributed by atoms with Gasteiger partial charge in [-0.05, 0) is 17.5 Å². The summed E-state index contributed by atoms with van der Waals surface area (Å²) in [6.07, 6.45) is 0.415. The van der Waals surface area contributed by atoms with Crippen LogP contribution in [0.25, 0.3) is 0 Å². The number of carbonyl (C=O) groups excluding carboxylic acids is 2. The maximum absolute atomic E-state index is 11.8. The maximum Gasteiger partial charge on any atom is 0.291 e. The highest BCUT2D eigenvalue weighted by Crippen LogP contribution is 2.22. The maximum atomic E-state index is 11.8. The van der Waals surface area contributed by atoms with E-state index in [9.17, 15) is 9.59 Å². The minimum atomic E-state index is -0.395. The molecule has 1 aromatic heterocycles. The van der Waals surface area contributed by atoms with Gasteiger partial charge in [0.25, 0.3) is 5.91 Å². The van der Waals surface area contributed by atoms with E-state index in [1.807, 2.05) is 6.92 Å². The second-order valence-electron chi connectivity index (χ2n) is 3.48. The zero-order chi connectivity index (χ0) is 11.0. The number of rotatable bonds is 1. The Labute approximate surface area is 95.0 Å². The third-order valence-electron chi connectivity index (χ3n) is 2.15. The molecule has 1 saturated heterocycles. The first kappa shape index (κ1) is 10.5. The molecule has 0 aromatic carbocycles. The van der Waals surface area contributed by atoms with Crippen molar-refractivity contribution in [2.75, 3.05) is 6.54 Å². The number of halogens is 1. The van der Waals surface area contributed by atoms with Crippen LogP contribution < -0.4 is 0 Å². The minimum Gasteiger partial charge on any atom is -0.276 e. The molecule has 1 atom stereocenters. The first-order valence-corrected chi connectivity index (χ1v) is 5.61. The summed E-state index contributed by atoms with van der Waals surface area (Å²) in [6.45, 7) is 2.38. The fraction of sp³-hybridized carbons (Fsp3) is 0.500. The molecular weight excluding hydrogens is 238 g/mol. The summed E-state index contributed by atoms with van der Waals surface area (Å²) in [4.78, 5) is 24.4. The lowest BCUT2D eigenvalue weighted by Gasteiger charge is -2.10. The Kier molecular flexibility index (Phi) is 2.70. The van der Waals surface area contributed by atoms with Crippen LogP contribution in [0.2, 0.25) is 4.47 Å². The number of amides is 2. The molecule has 1 aliphatic heterocycles. The third kappa shape index (κ3) is 2.00. The van der Waals surface area contributed by atoms with Gasteiger partial charge in [-0.25, -0.2) is 0 Å². The predicted octanol–water partition coefficient (Wildman–Crippen LogP) is 1.20. The topological polar surface area (TPSA) is 63.2 Å². The Bertz CT molecular complexity index is 420. The van der Waals surface area contributed by atoms with E-state index in [2.05, 4.69) is 10.2 Å². The first-order chi connectivity index (χ1) is 7.08. The van der Waals surface area contributed by atoms with E-state index < -0.39 is 5.91 Å². The highest BCUT2D eigenvalue weighted by atomic mass is 35.5. The van der Waals surface area contributed by atoms with Crippen LogP contribution in [0.3, 0.4) is 0 Å². The van der Waals surface area contributed by atoms with Crippen LogP contribution in [0, 0.1) is 5.92 Å². The average molecular weight is 246 g/mol. The molecule has 0 spiro atoms. The van der Waals surface area contributed by atoms with Gasteiger partial charge in [0.05, 0.1) is 0 Å². The van der Waals surface area contributed by atoms with Gasteiger partial charge in [0.15, 0.2) is 0 Å². The van der Waals surface area contributed by atoms with Crippen LogP contribution in [0.15, 0.2) is 0 Å². The molecule has 0 N–H and O–H groups in total. The molecule has 2 amide bonds. The van der Waals surface area contributed by atoms with Gasteiger partial charge >= 0.3 is 0 Å². The molecular formula is C8H8ClN3O2S. The minimum absolute atomic E-state index is 0.154. The lowest BCUT2D eigenvalue weighted by Crippen LogP contribution is -2.32. The van der Waals surface area contributed by atoms with Gasteiger partial charge in [0.1, 0.15) is 0 Å². The van der Waals surface area contributed by atoms with Crippen molar-refractivity contribution in [1.82, 2.24) is 15.1 Å². The van der Waals surface area contributed by atoms with E-state index in [-0.39, 0.29) is 21.3 Å². The summed E-state index contributed by atoms with van der Waals surface area (Å²) in [5.74, 6) is -0.336. The van der Waals surface area contributed by atoms with E-state index in [0.29, 0.717) is 13.0 Å². The zero-order valence-electron chi connectivity index (χ0n) is 7.94. The Morgan fingerprint density at radius 3 is 2.80 bits per heavy atom. The molecule has 0 aliphatic carbocycles. The van der Waals surface area contributed by atoms with E-state index in [1.54, 1.807) is 0 Å². The Balaban J connectivity index is 2.18. The molecule has 15 heavy (non-hydrogen) atoms. The summed E-state index contributed by atoms with van der Waals surface area (Å²) < 4.78 is 0.207. The fourth-order valence-corrected chi connectivity index (χ4v) is 2.27. The van der Waals surface area contributed by atoms with Crippen molar-refractivity contribution in [1.29, 1.82) is 0 Å². The van der Waals surface area contributed by atoms with Crippen molar-refractivity contribution in [3.05, 3.63) is 9.47 Å². The van der Waals surface area contributed by atoms with Crippen molar-refractivity contribution in [2.24, 2.45) is 5.92 Å². The molecule has 80 valence electrons. The largest absolute Gasteiger partial charge is 0.291 e. The Hall–Kier alpha value is -1.01. The number of imide groups is 1. The highest BCUT2D eigenvalue weighted by molar-refractivity contribution is 7.17. The van der Waals surface area contributed by atoms with Crippen LogP contribution >= 0.6 is 22.9 Å². The monoisotopic (exact) mass is 245 g/mol. The van der Waals surface area contributed by atoms with E-state index >= 15 is 0 Å². The molecule has 1 aliphatic rings. The summed E-state index contributed by atoms with van der Waals surface area (Å²) in [5, 5.41) is 7.31. The van der Waals surface area contributed by atoms with Crippen LogP contribution in [0.1, 0.15) is 23.1 Å². The molecule has 5 nitrogen and oxygen atoms in total. The zero-order valence-corrected chi connectivity index (χ0v) is 9.51. The molecule has 1 aromatic rings. The van der Waals surface area contributed by atoms with E-state index in [4.69, 9.17) is 11.6 Å². The Morgan fingerprint density at radius 1 is 1.60 bits per heavy atom. The van der Waals surface area contributed by atoms with Gasteiger partial charge in [0.2, 0.25) is 15.4 Å². The average Bonchev–Trinajstić information content (AvgIpc) is 2.71. The predicted molar refractivity (Wildman–Crippen MR) is 54.7 cm³/mol. The summed E-state index contributed by atoms with van der Waals surface area (Å²) in [5.41, 5.74) is 0. The normalized spacial score (nSPS) is 21.1. The quantitative estimate of drug-likeness (QED) is 0.698. The van der Waals surface area contributed by atoms with Gasteiger partial charge < -0.3 is 0 Å². The number of hydrogen-bond acceptors (Lipinski definition) is 5. The van der Waals surface area contributed by atoms with Crippen molar-refractivity contribution in [3.8, 4) is 0 Å². The van der Waals surface area contributed by atoms with Crippen molar-refractivity contribution in [3.63, 3.8) is 0 Å². The van der Waals surface area contributed by atoms with Crippen molar-refractivity contribution < 1.29 is 9.59 Å². The molecule has 7 heteroatoms. The van der Waals surface area contributed by atoms with Crippen molar-refractivity contribution in [2.45, 2.75) is 13.3 Å². The number of hydrogen-bond donors (Lipinski definition) is 0. The second-order valence-corrected chi connectivity index (χ2v) is 5.04. The molecule has 0 radical (unpaired) electrons. The first-order valence-electron chi connectivity index (χ1n) is 4.41. The van der Waals surface area contributed by atoms with Gasteiger partial charge in [0, 0.05) is 13.0 Å². The number of likely N-dealkylation sites (tertiary alicyclic amines) is 1. The van der Waals surface area contributed by atoms with Gasteiger partial charge in [-0.3, -0.25) is 14.5 Å². The molecule has 2 heterocycles. The number of nitrogens with zero attached hydrogens (tertiary/aromatic N) is 3. The standard InChI is InChI=1S/C8H8ClN3O2S/c1-4-2-5(13)12(3-4)7(14)6-10-11-8(9)15-6/h4H,2-3H2,1H3. The van der Waals surface area contributed by atoms with E-state index in [1.165, 1.54) is 4.90 Å². The fourth-order valence-electron chi connectivity index (χ4n) is 1.49. The lowest BCUT2D eigenvalue weighted by atomic mass is 10.2. The number of carbonyl (C=O) groups is 2. The van der Waals surface area contributed by atoms with E-state index in [0.717, 1.165) is 11.3 Å². The van der Waals surface area contributed by atoms with Crippen molar-refractivity contribution >= 4 is 34.8 Å². The SMILES string of the molecule is CC1CC(=O)N(C(=O)c2nnc(Cl)s2)C1. The summed E-state index contributed by atoms with van der Waals surface area (Å²) >= 11 is 6.55. The lowest BCUT2D eigenvalue weighted by molar-refractivity contribution is -0.125. The molecule has 1 unspecified atom stereocenters. The van der Waals surface area contributed by atoms with Gasteiger partial charge in [-0.15, -0.1) is 10.2 Å². The van der Waals surface area contributed by atoms with Gasteiger partial charge in [-0.1, -0.05) is 18.3 Å². The summed E-state index contributed by atoms with van der Waals surface area (Å²) in [7, 11) is 0. The Morgan fingerprint density at radius 2 is 2.33 bits per heavy atom. The summed E-state index contributed by atoms with van der Waals surface area (Å²) in [6, 6.07) is 0. The highest BCUT2D eigenvalue weighted by Gasteiger charge is 2.33. The number of aromatic nitrogens is 2.